The number of nitrogens with one attached hydrogen (secondary N) is 3. The summed E-state index contributed by atoms with van der Waals surface area (Å²) in [4.78, 5) is 2.29. The Hall–Kier alpha value is -1.24. The normalized spacial score (nSPS) is 16.9. The Morgan fingerprint density at radius 2 is 1.68 bits per heavy atom. The SMILES string of the molecule is CN(C)S(=O)(=O)Nc1ccc(S(=O)(=O)NCCN2CCNCC2)cc1. The molecule has 11 heteroatoms. The van der Waals surface area contributed by atoms with Gasteiger partial charge in [-0.1, -0.05) is 0 Å². The minimum atomic E-state index is -3.62. The molecule has 1 saturated heterocycles. The van der Waals surface area contributed by atoms with Gasteiger partial charge in [0.1, 0.15) is 0 Å². The lowest BCUT2D eigenvalue weighted by Gasteiger charge is -2.27. The highest BCUT2D eigenvalue weighted by Gasteiger charge is 2.17. The lowest BCUT2D eigenvalue weighted by molar-refractivity contribution is 0.245. The summed E-state index contributed by atoms with van der Waals surface area (Å²) >= 11 is 0. The van der Waals surface area contributed by atoms with E-state index in [4.69, 9.17) is 0 Å². The van der Waals surface area contributed by atoms with E-state index in [-0.39, 0.29) is 4.90 Å². The van der Waals surface area contributed by atoms with Crippen LogP contribution in [-0.2, 0) is 20.2 Å². The van der Waals surface area contributed by atoms with Gasteiger partial charge in [0.15, 0.2) is 0 Å². The van der Waals surface area contributed by atoms with E-state index in [1.807, 2.05) is 0 Å². The third-order valence-corrected chi connectivity index (χ3v) is 6.75. The van der Waals surface area contributed by atoms with E-state index in [1.165, 1.54) is 38.4 Å². The van der Waals surface area contributed by atoms with Crippen LogP contribution in [0.2, 0.25) is 0 Å². The number of nitrogens with zero attached hydrogens (tertiary/aromatic N) is 2. The van der Waals surface area contributed by atoms with E-state index in [2.05, 4.69) is 19.7 Å². The third kappa shape index (κ3) is 5.90. The van der Waals surface area contributed by atoms with Gasteiger partial charge in [-0.05, 0) is 24.3 Å². The van der Waals surface area contributed by atoms with Crippen LogP contribution >= 0.6 is 0 Å². The van der Waals surface area contributed by atoms with Crippen molar-refractivity contribution in [1.29, 1.82) is 0 Å². The number of benzene rings is 1. The first-order valence-corrected chi connectivity index (χ1v) is 10.9. The first-order valence-electron chi connectivity index (χ1n) is 7.94. The van der Waals surface area contributed by atoms with Crippen LogP contribution in [0.5, 0.6) is 0 Å². The predicted molar refractivity (Wildman–Crippen MR) is 97.2 cm³/mol. The standard InChI is InChI=1S/C14H25N5O4S2/c1-18(2)25(22,23)17-13-3-5-14(6-4-13)24(20,21)16-9-12-19-10-7-15-8-11-19/h3-6,15-17H,7-12H2,1-2H3. The van der Waals surface area contributed by atoms with Gasteiger partial charge in [0.25, 0.3) is 0 Å². The summed E-state index contributed by atoms with van der Waals surface area (Å²) in [6.07, 6.45) is 0. The van der Waals surface area contributed by atoms with Crippen LogP contribution in [0.15, 0.2) is 29.2 Å². The molecule has 0 bridgehead atoms. The summed E-state index contributed by atoms with van der Waals surface area (Å²) in [5, 5.41) is 3.24. The van der Waals surface area contributed by atoms with Crippen molar-refractivity contribution in [3.63, 3.8) is 0 Å². The van der Waals surface area contributed by atoms with Gasteiger partial charge >= 0.3 is 10.2 Å². The molecule has 0 aliphatic carbocycles. The van der Waals surface area contributed by atoms with Crippen molar-refractivity contribution in [3.8, 4) is 0 Å². The summed E-state index contributed by atoms with van der Waals surface area (Å²) in [5.41, 5.74) is 0.300. The van der Waals surface area contributed by atoms with Crippen LogP contribution in [0.1, 0.15) is 0 Å². The van der Waals surface area contributed by atoms with Crippen LogP contribution in [0, 0.1) is 0 Å². The molecule has 25 heavy (non-hydrogen) atoms. The minimum absolute atomic E-state index is 0.0978. The van der Waals surface area contributed by atoms with Crippen LogP contribution in [-0.4, -0.2) is 79.4 Å². The smallest absolute Gasteiger partial charge is 0.301 e. The molecule has 1 aliphatic rings. The molecule has 0 aromatic heterocycles. The first-order chi connectivity index (χ1) is 11.7. The van der Waals surface area contributed by atoms with Crippen LogP contribution in [0.4, 0.5) is 5.69 Å². The molecule has 1 aromatic carbocycles. The number of hydrogen-bond donors (Lipinski definition) is 3. The van der Waals surface area contributed by atoms with Gasteiger partial charge in [-0.3, -0.25) is 9.62 Å². The Morgan fingerprint density at radius 3 is 2.24 bits per heavy atom. The second-order valence-electron chi connectivity index (χ2n) is 5.90. The molecular formula is C14H25N5O4S2. The Bertz CT molecular complexity index is 757. The average molecular weight is 392 g/mol. The van der Waals surface area contributed by atoms with Crippen molar-refractivity contribution in [1.82, 2.24) is 19.2 Å². The molecule has 0 spiro atoms. The van der Waals surface area contributed by atoms with Crippen LogP contribution < -0.4 is 14.8 Å². The molecule has 1 fully saturated rings. The van der Waals surface area contributed by atoms with E-state index in [0.717, 1.165) is 30.5 Å². The highest BCUT2D eigenvalue weighted by Crippen LogP contribution is 2.15. The minimum Gasteiger partial charge on any atom is -0.314 e. The molecule has 142 valence electrons. The third-order valence-electron chi connectivity index (χ3n) is 3.82. The Morgan fingerprint density at radius 1 is 1.08 bits per heavy atom. The summed E-state index contributed by atoms with van der Waals surface area (Å²) in [5.74, 6) is 0. The molecule has 9 nitrogen and oxygen atoms in total. The maximum atomic E-state index is 12.3. The van der Waals surface area contributed by atoms with Gasteiger partial charge < -0.3 is 5.32 Å². The number of hydrogen-bond acceptors (Lipinski definition) is 6. The molecule has 1 heterocycles. The van der Waals surface area contributed by atoms with Crippen molar-refractivity contribution < 1.29 is 16.8 Å². The topological polar surface area (TPSA) is 111 Å². The number of piperazine rings is 1. The van der Waals surface area contributed by atoms with E-state index in [1.54, 1.807) is 0 Å². The van der Waals surface area contributed by atoms with Crippen molar-refractivity contribution in [2.75, 3.05) is 58.1 Å². The fourth-order valence-corrected chi connectivity index (χ4v) is 3.94. The molecule has 0 amide bonds. The van der Waals surface area contributed by atoms with Gasteiger partial charge in [-0.25, -0.2) is 13.1 Å². The molecule has 0 atom stereocenters. The Balaban J connectivity index is 1.93. The van der Waals surface area contributed by atoms with Crippen molar-refractivity contribution in [3.05, 3.63) is 24.3 Å². The highest BCUT2D eigenvalue weighted by molar-refractivity contribution is 7.90. The molecule has 0 radical (unpaired) electrons. The van der Waals surface area contributed by atoms with Crippen molar-refractivity contribution in [2.45, 2.75) is 4.90 Å². The van der Waals surface area contributed by atoms with Crippen molar-refractivity contribution >= 4 is 25.9 Å². The van der Waals surface area contributed by atoms with Crippen LogP contribution in [0.25, 0.3) is 0 Å². The van der Waals surface area contributed by atoms with Crippen LogP contribution in [0.3, 0.4) is 0 Å². The fourth-order valence-electron chi connectivity index (χ4n) is 2.30. The molecule has 3 N–H and O–H groups in total. The monoisotopic (exact) mass is 391 g/mol. The number of rotatable bonds is 8. The summed E-state index contributed by atoms with van der Waals surface area (Å²) in [7, 11) is -4.42. The lowest BCUT2D eigenvalue weighted by atomic mass is 10.3. The maximum Gasteiger partial charge on any atom is 0.301 e. The maximum absolute atomic E-state index is 12.3. The summed E-state index contributed by atoms with van der Waals surface area (Å²) in [6.45, 7) is 4.62. The lowest BCUT2D eigenvalue weighted by Crippen LogP contribution is -2.46. The second kappa shape index (κ2) is 8.43. The number of sulfonamides is 1. The molecule has 1 aromatic rings. The van der Waals surface area contributed by atoms with Gasteiger partial charge in [-0.15, -0.1) is 0 Å². The summed E-state index contributed by atoms with van der Waals surface area (Å²) < 4.78 is 54.0. The molecule has 2 rings (SSSR count). The zero-order chi connectivity index (χ0) is 18.5. The van der Waals surface area contributed by atoms with E-state index in [0.29, 0.717) is 18.8 Å². The zero-order valence-corrected chi connectivity index (χ0v) is 16.0. The molecular weight excluding hydrogens is 366 g/mol. The first kappa shape index (κ1) is 20.1. The zero-order valence-electron chi connectivity index (χ0n) is 14.4. The van der Waals surface area contributed by atoms with E-state index < -0.39 is 20.2 Å². The number of anilines is 1. The van der Waals surface area contributed by atoms with Crippen molar-refractivity contribution in [2.24, 2.45) is 0 Å². The van der Waals surface area contributed by atoms with Gasteiger partial charge in [-0.2, -0.15) is 12.7 Å². The fraction of sp³-hybridized carbons (Fsp3) is 0.571. The predicted octanol–water partition coefficient (Wildman–Crippen LogP) is -0.912. The van der Waals surface area contributed by atoms with Gasteiger partial charge in [0.2, 0.25) is 10.0 Å². The second-order valence-corrected chi connectivity index (χ2v) is 9.55. The van der Waals surface area contributed by atoms with Gasteiger partial charge in [0.05, 0.1) is 4.90 Å². The Kier molecular flexibility index (Phi) is 6.77. The van der Waals surface area contributed by atoms with E-state index >= 15 is 0 Å². The largest absolute Gasteiger partial charge is 0.314 e. The molecule has 0 saturated carbocycles. The Labute approximate surface area is 149 Å². The molecule has 1 aliphatic heterocycles. The highest BCUT2D eigenvalue weighted by atomic mass is 32.2. The molecule has 0 unspecified atom stereocenters. The average Bonchev–Trinajstić information content (AvgIpc) is 2.55. The quantitative estimate of drug-likeness (QED) is 0.529. The van der Waals surface area contributed by atoms with Gasteiger partial charge in [0, 0.05) is 59.1 Å². The van der Waals surface area contributed by atoms with E-state index in [9.17, 15) is 16.8 Å². The summed E-state index contributed by atoms with van der Waals surface area (Å²) in [6, 6.07) is 5.60.